The van der Waals surface area contributed by atoms with Gasteiger partial charge in [-0.2, -0.15) is 0 Å². The van der Waals surface area contributed by atoms with E-state index < -0.39 is 56.2 Å². The van der Waals surface area contributed by atoms with Crippen LogP contribution in [0.5, 0.6) is 5.75 Å². The summed E-state index contributed by atoms with van der Waals surface area (Å²) in [5.41, 5.74) is -1.76. The van der Waals surface area contributed by atoms with E-state index in [0.717, 1.165) is 6.42 Å². The zero-order chi connectivity index (χ0) is 23.1. The molecule has 1 aromatic rings. The molecule has 1 N–H and O–H groups in total. The number of nitrogens with zero attached hydrogens (tertiary/aromatic N) is 1. The van der Waals surface area contributed by atoms with Crippen molar-refractivity contribution < 1.29 is 23.6 Å². The Bertz CT molecular complexity index is 728. The molecule has 1 aromatic carbocycles. The van der Waals surface area contributed by atoms with E-state index in [1.54, 1.807) is 0 Å². The Morgan fingerprint density at radius 3 is 2.50 bits per heavy atom. The molecule has 3 heteroatoms. The molecule has 1 aliphatic rings. The highest BCUT2D eigenvalue weighted by Crippen LogP contribution is 2.40. The van der Waals surface area contributed by atoms with Crippen LogP contribution in [0, 0.1) is 0 Å². The zero-order valence-electron chi connectivity index (χ0n) is 21.6. The molecule has 0 heterocycles. The van der Waals surface area contributed by atoms with Gasteiger partial charge in [0.2, 0.25) is 0 Å². The maximum absolute atomic E-state index is 11.4. The molecule has 0 spiro atoms. The van der Waals surface area contributed by atoms with Crippen LogP contribution in [0.1, 0.15) is 57.3 Å². The van der Waals surface area contributed by atoms with Crippen LogP contribution in [0.2, 0.25) is 0 Å². The van der Waals surface area contributed by atoms with Crippen LogP contribution in [-0.2, 0) is 0 Å². The zero-order valence-corrected chi connectivity index (χ0v) is 11.6. The van der Waals surface area contributed by atoms with E-state index in [0.29, 0.717) is 17.7 Å². The van der Waals surface area contributed by atoms with E-state index in [-0.39, 0.29) is 24.2 Å². The van der Waals surface area contributed by atoms with Gasteiger partial charge in [0.1, 0.15) is 5.75 Å². The third kappa shape index (κ3) is 3.53. The number of rotatable bonds is 5. The summed E-state index contributed by atoms with van der Waals surface area (Å²) in [6.45, 7) is -6.70. The van der Waals surface area contributed by atoms with Crippen molar-refractivity contribution in [3.8, 4) is 5.75 Å². The van der Waals surface area contributed by atoms with E-state index in [4.69, 9.17) is 18.4 Å². The van der Waals surface area contributed by atoms with E-state index >= 15 is 0 Å². The van der Waals surface area contributed by atoms with Gasteiger partial charge in [0.15, 0.2) is 0 Å². The average Bonchev–Trinajstić information content (AvgIpc) is 2.61. The van der Waals surface area contributed by atoms with Gasteiger partial charge in [0.25, 0.3) is 0 Å². The first kappa shape index (κ1) is 6.80. The third-order valence-electron chi connectivity index (χ3n) is 3.91. The van der Waals surface area contributed by atoms with Crippen molar-refractivity contribution >= 4 is 0 Å². The lowest BCUT2D eigenvalue weighted by Crippen LogP contribution is -2.42. The van der Waals surface area contributed by atoms with Crippen molar-refractivity contribution in [2.24, 2.45) is 0 Å². The highest BCUT2D eigenvalue weighted by molar-refractivity contribution is 5.31. The van der Waals surface area contributed by atoms with E-state index in [1.807, 2.05) is 0 Å². The quantitative estimate of drug-likeness (QED) is 0.903. The number of likely N-dealkylation sites (N-methyl/N-ethyl adjacent to an activating group) is 1. The van der Waals surface area contributed by atoms with Gasteiger partial charge < -0.3 is 14.7 Å². The van der Waals surface area contributed by atoms with Crippen LogP contribution in [-0.4, -0.2) is 43.2 Å². The van der Waals surface area contributed by atoms with Gasteiger partial charge >= 0.3 is 0 Å². The van der Waals surface area contributed by atoms with Crippen LogP contribution in [0.25, 0.3) is 0 Å². The largest absolute Gasteiger partial charge is 0.497 e. The third-order valence-corrected chi connectivity index (χ3v) is 3.91. The molecule has 0 saturated heterocycles. The van der Waals surface area contributed by atoms with Crippen LogP contribution in [0.15, 0.2) is 24.2 Å². The van der Waals surface area contributed by atoms with Gasteiger partial charge in [-0.15, -0.1) is 0 Å². The first-order valence-electron chi connectivity index (χ1n) is 11.8. The number of hydrogen-bond donors (Lipinski definition) is 1. The Morgan fingerprint density at radius 2 is 1.95 bits per heavy atom. The highest BCUT2D eigenvalue weighted by atomic mass is 16.5. The molecule has 0 amide bonds. The molecule has 1 atom stereocenters. The number of benzene rings is 1. The minimum Gasteiger partial charge on any atom is -0.497 e. The predicted molar refractivity (Wildman–Crippen MR) is 82.3 cm³/mol. The Morgan fingerprint density at radius 1 is 1.30 bits per heavy atom. The second-order valence-electron chi connectivity index (χ2n) is 5.27. The molecule has 1 unspecified atom stereocenters. The summed E-state index contributed by atoms with van der Waals surface area (Å²) >= 11 is 0. The van der Waals surface area contributed by atoms with Crippen LogP contribution in [0.3, 0.4) is 0 Å². The minimum atomic E-state index is -3.01. The Hall–Kier alpha value is -1.06. The van der Waals surface area contributed by atoms with Crippen molar-refractivity contribution in [1.82, 2.24) is 4.90 Å². The first-order chi connectivity index (χ1) is 13.6. The maximum atomic E-state index is 11.4. The molecule has 0 bridgehead atoms. The van der Waals surface area contributed by atoms with Crippen LogP contribution >= 0.6 is 0 Å². The molecule has 3 nitrogen and oxygen atoms in total. The number of methoxy groups -OCH3 is 1. The molecular weight excluding hydrogens is 250 g/mol. The van der Waals surface area contributed by atoms with Crippen molar-refractivity contribution in [3.05, 3.63) is 29.7 Å². The molecule has 1 saturated carbocycles. The summed E-state index contributed by atoms with van der Waals surface area (Å²) in [4.78, 5) is 0.299. The molecule has 1 fully saturated rings. The van der Waals surface area contributed by atoms with Gasteiger partial charge in [0.05, 0.1) is 18.2 Å². The summed E-state index contributed by atoms with van der Waals surface area (Å²) in [5, 5.41) is 11.4. The topological polar surface area (TPSA) is 32.7 Å². The second-order valence-corrected chi connectivity index (χ2v) is 5.27. The second kappa shape index (κ2) is 6.59. The average molecular weight is 287 g/mol. The summed E-state index contributed by atoms with van der Waals surface area (Å²) in [7, 11) is 1.21. The SMILES string of the molecule is [2H]c1c([2H])c(C(CN(C([2H])([2H])[2H])C([2H])([2H])[2H])C2(O)CCCCC2)c([2H])c([2H])c1OC. The summed E-state index contributed by atoms with van der Waals surface area (Å²) < 4.78 is 84.0. The standard InChI is InChI=1S/C17H27NO2/c1-18(2)13-16(17(19)11-5-4-6-12-17)14-7-9-15(20-3)10-8-14/h7-10,16,19H,4-6,11-13H2,1-3H3/i1D3,2D3,7D,8D,9D,10D. The first-order valence-corrected chi connectivity index (χ1v) is 6.79. The number of aliphatic hydroxyl groups is 1. The van der Waals surface area contributed by atoms with E-state index in [9.17, 15) is 5.11 Å². The minimum absolute atomic E-state index is 0.200. The number of hydrogen-bond acceptors (Lipinski definition) is 3. The molecular formula is C17H27NO2. The number of ether oxygens (including phenoxy) is 1. The summed E-state index contributed by atoms with van der Waals surface area (Å²) in [6.07, 6.45) is 2.55. The van der Waals surface area contributed by atoms with Crippen molar-refractivity contribution in [2.45, 2.75) is 43.6 Å². The van der Waals surface area contributed by atoms with Gasteiger partial charge in [-0.1, -0.05) is 31.3 Å². The Kier molecular flexibility index (Phi) is 2.24. The monoisotopic (exact) mass is 287 g/mol. The fourth-order valence-corrected chi connectivity index (χ4v) is 2.81. The molecule has 2 rings (SSSR count). The smallest absolute Gasteiger partial charge is 0.118 e. The van der Waals surface area contributed by atoms with Crippen molar-refractivity contribution in [2.75, 3.05) is 27.6 Å². The Labute approximate surface area is 136 Å². The van der Waals surface area contributed by atoms with Gasteiger partial charge in [-0.3, -0.25) is 0 Å². The lowest BCUT2D eigenvalue weighted by atomic mass is 9.72. The normalized spacial score (nSPS) is 28.4. The van der Waals surface area contributed by atoms with E-state index in [2.05, 4.69) is 0 Å². The summed E-state index contributed by atoms with van der Waals surface area (Å²) in [5.74, 6) is -1.52. The molecule has 0 aliphatic heterocycles. The lowest BCUT2D eigenvalue weighted by molar-refractivity contribution is -0.0277. The predicted octanol–water partition coefficient (Wildman–Crippen LogP) is 3.04. The fourth-order valence-electron chi connectivity index (χ4n) is 2.81. The molecule has 20 heavy (non-hydrogen) atoms. The van der Waals surface area contributed by atoms with Crippen molar-refractivity contribution in [3.63, 3.8) is 0 Å². The van der Waals surface area contributed by atoms with Gasteiger partial charge in [-0.25, -0.2) is 0 Å². The fraction of sp³-hybridized carbons (Fsp3) is 0.647. The van der Waals surface area contributed by atoms with E-state index in [1.165, 1.54) is 7.11 Å². The van der Waals surface area contributed by atoms with Gasteiger partial charge in [0, 0.05) is 20.7 Å². The van der Waals surface area contributed by atoms with Crippen LogP contribution in [0.4, 0.5) is 0 Å². The van der Waals surface area contributed by atoms with Crippen molar-refractivity contribution in [1.29, 1.82) is 0 Å². The summed E-state index contributed by atoms with van der Waals surface area (Å²) in [6, 6.07) is -1.89. The molecule has 1 aliphatic carbocycles. The lowest BCUT2D eigenvalue weighted by Gasteiger charge is -2.40. The Balaban J connectivity index is 2.73. The highest BCUT2D eigenvalue weighted by Gasteiger charge is 2.38. The van der Waals surface area contributed by atoms with Crippen LogP contribution < -0.4 is 4.74 Å². The maximum Gasteiger partial charge on any atom is 0.118 e. The van der Waals surface area contributed by atoms with Gasteiger partial charge in [-0.05, 0) is 44.4 Å². The molecule has 0 aromatic heterocycles. The molecule has 0 radical (unpaired) electrons. The molecule has 112 valence electrons.